The van der Waals surface area contributed by atoms with Crippen LogP contribution in [0.5, 0.6) is 0 Å². The molecule has 11 heavy (non-hydrogen) atoms. The van der Waals surface area contributed by atoms with Crippen LogP contribution in [-0.2, 0) is 6.42 Å². The van der Waals surface area contributed by atoms with Crippen LogP contribution in [0.4, 0.5) is 4.39 Å². The number of hydrogen-bond acceptors (Lipinski definition) is 2. The molecule has 0 aliphatic rings. The van der Waals surface area contributed by atoms with Crippen LogP contribution in [0, 0.1) is 0 Å². The average molecular weight is 173 g/mol. The van der Waals surface area contributed by atoms with Gasteiger partial charge in [-0.2, -0.15) is 11.3 Å². The normalized spacial score (nSPS) is 16.3. The zero-order valence-corrected chi connectivity index (χ0v) is 7.33. The minimum Gasteiger partial charge on any atom is -0.328 e. The smallest absolute Gasteiger partial charge is 0.124 e. The van der Waals surface area contributed by atoms with Crippen LogP contribution in [0.1, 0.15) is 12.5 Å². The van der Waals surface area contributed by atoms with Gasteiger partial charge in [0.05, 0.1) is 0 Å². The second kappa shape index (κ2) is 3.32. The summed E-state index contributed by atoms with van der Waals surface area (Å²) in [5, 5.41) is 3.90. The lowest BCUT2D eigenvalue weighted by Crippen LogP contribution is -2.31. The summed E-state index contributed by atoms with van der Waals surface area (Å²) < 4.78 is 13.3. The summed E-state index contributed by atoms with van der Waals surface area (Å²) in [5.41, 5.74) is 5.04. The molecule has 1 aromatic rings. The van der Waals surface area contributed by atoms with E-state index in [0.29, 0.717) is 6.42 Å². The molecule has 1 rings (SSSR count). The third-order valence-corrected chi connectivity index (χ3v) is 2.31. The van der Waals surface area contributed by atoms with E-state index in [1.54, 1.807) is 11.3 Å². The molecule has 1 unspecified atom stereocenters. The van der Waals surface area contributed by atoms with Gasteiger partial charge in [0.25, 0.3) is 0 Å². The molecule has 0 saturated heterocycles. The summed E-state index contributed by atoms with van der Waals surface area (Å²) in [7, 11) is 0. The zero-order valence-electron chi connectivity index (χ0n) is 6.51. The highest BCUT2D eigenvalue weighted by Gasteiger charge is 2.21. The van der Waals surface area contributed by atoms with Gasteiger partial charge < -0.3 is 5.73 Å². The van der Waals surface area contributed by atoms with E-state index in [2.05, 4.69) is 0 Å². The Bertz CT molecular complexity index is 206. The van der Waals surface area contributed by atoms with E-state index in [1.165, 1.54) is 6.92 Å². The number of alkyl halides is 1. The maximum atomic E-state index is 13.3. The molecule has 1 heterocycles. The lowest BCUT2D eigenvalue weighted by molar-refractivity contribution is 0.200. The van der Waals surface area contributed by atoms with Gasteiger partial charge in [0.2, 0.25) is 0 Å². The van der Waals surface area contributed by atoms with Gasteiger partial charge in [-0.3, -0.25) is 0 Å². The molecular formula is C8H12FNS. The van der Waals surface area contributed by atoms with E-state index < -0.39 is 5.67 Å². The van der Waals surface area contributed by atoms with Gasteiger partial charge in [0.1, 0.15) is 5.67 Å². The first kappa shape index (κ1) is 8.68. The molecule has 0 bridgehead atoms. The number of rotatable bonds is 3. The highest BCUT2D eigenvalue weighted by atomic mass is 32.1. The summed E-state index contributed by atoms with van der Waals surface area (Å²) in [6.07, 6.45) is 0.424. The maximum absolute atomic E-state index is 13.3. The molecule has 0 aromatic carbocycles. The molecule has 3 heteroatoms. The zero-order chi connectivity index (χ0) is 8.32. The Hall–Kier alpha value is -0.410. The van der Waals surface area contributed by atoms with E-state index in [9.17, 15) is 4.39 Å². The van der Waals surface area contributed by atoms with Crippen molar-refractivity contribution in [2.45, 2.75) is 19.0 Å². The van der Waals surface area contributed by atoms with Crippen molar-refractivity contribution < 1.29 is 4.39 Å². The third-order valence-electron chi connectivity index (χ3n) is 1.58. The number of hydrogen-bond donors (Lipinski definition) is 1. The van der Waals surface area contributed by atoms with Gasteiger partial charge in [0, 0.05) is 13.0 Å². The van der Waals surface area contributed by atoms with Crippen molar-refractivity contribution in [1.29, 1.82) is 0 Å². The van der Waals surface area contributed by atoms with E-state index in [1.807, 2.05) is 16.8 Å². The summed E-state index contributed by atoms with van der Waals surface area (Å²) >= 11 is 1.58. The molecule has 0 saturated carbocycles. The molecule has 1 atom stereocenters. The number of halogens is 1. The van der Waals surface area contributed by atoms with Gasteiger partial charge in [0.15, 0.2) is 0 Å². The van der Waals surface area contributed by atoms with E-state index >= 15 is 0 Å². The summed E-state index contributed by atoms with van der Waals surface area (Å²) in [6.45, 7) is 1.62. The van der Waals surface area contributed by atoms with E-state index in [0.717, 1.165) is 5.56 Å². The molecular weight excluding hydrogens is 161 g/mol. The Labute approximate surface area is 70.0 Å². The van der Waals surface area contributed by atoms with Gasteiger partial charge in [-0.25, -0.2) is 4.39 Å². The van der Waals surface area contributed by atoms with Crippen LogP contribution in [-0.4, -0.2) is 12.2 Å². The van der Waals surface area contributed by atoms with E-state index in [-0.39, 0.29) is 6.54 Å². The topological polar surface area (TPSA) is 26.0 Å². The van der Waals surface area contributed by atoms with Crippen molar-refractivity contribution in [2.75, 3.05) is 6.54 Å². The minimum atomic E-state index is -1.25. The van der Waals surface area contributed by atoms with Gasteiger partial charge in [-0.05, 0) is 29.3 Å². The van der Waals surface area contributed by atoms with Crippen LogP contribution in [0.3, 0.4) is 0 Å². The summed E-state index contributed by atoms with van der Waals surface area (Å²) in [5.74, 6) is 0. The van der Waals surface area contributed by atoms with Crippen molar-refractivity contribution in [3.63, 3.8) is 0 Å². The lowest BCUT2D eigenvalue weighted by Gasteiger charge is -2.16. The van der Waals surface area contributed by atoms with Gasteiger partial charge in [-0.15, -0.1) is 0 Å². The average Bonchev–Trinajstić information content (AvgIpc) is 2.39. The quantitative estimate of drug-likeness (QED) is 0.743. The molecule has 2 N–H and O–H groups in total. The SMILES string of the molecule is CC(F)(CN)Cc1ccsc1. The molecule has 62 valence electrons. The summed E-state index contributed by atoms with van der Waals surface area (Å²) in [6, 6.07) is 1.93. The van der Waals surface area contributed by atoms with Crippen molar-refractivity contribution in [3.05, 3.63) is 22.4 Å². The van der Waals surface area contributed by atoms with Crippen molar-refractivity contribution in [1.82, 2.24) is 0 Å². The second-order valence-electron chi connectivity index (χ2n) is 2.93. The largest absolute Gasteiger partial charge is 0.328 e. The van der Waals surface area contributed by atoms with Crippen LogP contribution in [0.2, 0.25) is 0 Å². The van der Waals surface area contributed by atoms with E-state index in [4.69, 9.17) is 5.73 Å². The van der Waals surface area contributed by atoms with Gasteiger partial charge >= 0.3 is 0 Å². The standard InChI is InChI=1S/C8H12FNS/c1-8(9,6-10)4-7-2-3-11-5-7/h2-3,5H,4,6,10H2,1H3. The second-order valence-corrected chi connectivity index (χ2v) is 3.71. The van der Waals surface area contributed by atoms with Crippen LogP contribution in [0.25, 0.3) is 0 Å². The maximum Gasteiger partial charge on any atom is 0.124 e. The minimum absolute atomic E-state index is 0.0862. The van der Waals surface area contributed by atoms with Crippen molar-refractivity contribution in [2.24, 2.45) is 5.73 Å². The first-order valence-corrected chi connectivity index (χ1v) is 4.48. The van der Waals surface area contributed by atoms with Crippen molar-refractivity contribution in [3.8, 4) is 0 Å². The third kappa shape index (κ3) is 2.60. The number of nitrogens with two attached hydrogens (primary N) is 1. The molecule has 0 radical (unpaired) electrons. The molecule has 1 aromatic heterocycles. The fraction of sp³-hybridized carbons (Fsp3) is 0.500. The first-order chi connectivity index (χ1) is 5.14. The first-order valence-electron chi connectivity index (χ1n) is 3.54. The van der Waals surface area contributed by atoms with Crippen LogP contribution < -0.4 is 5.73 Å². The molecule has 1 nitrogen and oxygen atoms in total. The molecule has 0 spiro atoms. The molecule has 0 aliphatic heterocycles. The molecule has 0 aliphatic carbocycles. The fourth-order valence-electron chi connectivity index (χ4n) is 0.891. The monoisotopic (exact) mass is 173 g/mol. The van der Waals surface area contributed by atoms with Gasteiger partial charge in [-0.1, -0.05) is 0 Å². The van der Waals surface area contributed by atoms with Crippen LogP contribution in [0.15, 0.2) is 16.8 Å². The Morgan fingerprint density at radius 2 is 2.45 bits per heavy atom. The Kier molecular flexibility index (Phi) is 2.62. The molecule has 0 fully saturated rings. The Morgan fingerprint density at radius 3 is 2.91 bits per heavy atom. The fourth-order valence-corrected chi connectivity index (χ4v) is 1.56. The predicted molar refractivity (Wildman–Crippen MR) is 46.6 cm³/mol. The Morgan fingerprint density at radius 1 is 1.73 bits per heavy atom. The molecule has 0 amide bonds. The number of thiophene rings is 1. The summed E-state index contributed by atoms with van der Waals surface area (Å²) in [4.78, 5) is 0. The van der Waals surface area contributed by atoms with Crippen molar-refractivity contribution >= 4 is 11.3 Å². The lowest BCUT2D eigenvalue weighted by atomic mass is 10.0. The van der Waals surface area contributed by atoms with Crippen LogP contribution >= 0.6 is 11.3 Å². The highest BCUT2D eigenvalue weighted by Crippen LogP contribution is 2.17. The Balaban J connectivity index is 2.56. The predicted octanol–water partition coefficient (Wildman–Crippen LogP) is 1.98. The highest BCUT2D eigenvalue weighted by molar-refractivity contribution is 7.07.